The highest BCUT2D eigenvalue weighted by atomic mass is 32.2. The van der Waals surface area contributed by atoms with Gasteiger partial charge in [-0.15, -0.1) is 0 Å². The molecule has 0 aliphatic carbocycles. The zero-order valence-corrected chi connectivity index (χ0v) is 11.8. The number of piperidine rings is 2. The molecule has 106 valence electrons. The minimum absolute atomic E-state index is 0.111. The molecule has 0 aromatic rings. The van der Waals surface area contributed by atoms with Gasteiger partial charge in [-0.25, -0.2) is 12.8 Å². The third-order valence-corrected chi connectivity index (χ3v) is 6.12. The smallest absolute Gasteiger partial charge is 0.217 e. The summed E-state index contributed by atoms with van der Waals surface area (Å²) in [6, 6.07) is -0.194. The van der Waals surface area contributed by atoms with Crippen molar-refractivity contribution in [3.05, 3.63) is 0 Å². The predicted molar refractivity (Wildman–Crippen MR) is 69.4 cm³/mol. The summed E-state index contributed by atoms with van der Waals surface area (Å²) in [5, 5.41) is 3.22. The Bertz CT molecular complexity index is 358. The molecule has 2 atom stereocenters. The molecule has 2 rings (SSSR count). The van der Waals surface area contributed by atoms with Crippen LogP contribution in [0.15, 0.2) is 0 Å². The maximum Gasteiger partial charge on any atom is 0.217 e. The van der Waals surface area contributed by atoms with Gasteiger partial charge in [0.25, 0.3) is 0 Å². The molecule has 2 fully saturated rings. The summed E-state index contributed by atoms with van der Waals surface area (Å²) in [6.45, 7) is 3.55. The van der Waals surface area contributed by atoms with Crippen LogP contribution in [0.25, 0.3) is 0 Å². The Morgan fingerprint density at radius 1 is 1.22 bits per heavy atom. The fourth-order valence-electron chi connectivity index (χ4n) is 2.99. The first-order valence-corrected chi connectivity index (χ1v) is 8.47. The second-order valence-electron chi connectivity index (χ2n) is 5.52. The van der Waals surface area contributed by atoms with Gasteiger partial charge in [0.15, 0.2) is 6.30 Å². The topological polar surface area (TPSA) is 49.4 Å². The lowest BCUT2D eigenvalue weighted by Crippen LogP contribution is -2.49. The normalized spacial score (nSPS) is 32.6. The fourth-order valence-corrected chi connectivity index (χ4v) is 5.20. The molecule has 0 bridgehead atoms. The van der Waals surface area contributed by atoms with Crippen LogP contribution in [0.4, 0.5) is 4.39 Å². The monoisotopic (exact) mass is 278 g/mol. The molecule has 0 saturated carbocycles. The Balaban J connectivity index is 2.04. The molecule has 0 aromatic heterocycles. The van der Waals surface area contributed by atoms with Crippen LogP contribution in [0.5, 0.6) is 0 Å². The lowest BCUT2D eigenvalue weighted by Gasteiger charge is -2.36. The molecular formula is C12H23FN2O2S. The lowest BCUT2D eigenvalue weighted by atomic mass is 10.0. The summed E-state index contributed by atoms with van der Waals surface area (Å²) in [7, 11) is -3.45. The van der Waals surface area contributed by atoms with Gasteiger partial charge in [0.2, 0.25) is 10.0 Å². The van der Waals surface area contributed by atoms with Gasteiger partial charge >= 0.3 is 0 Å². The van der Waals surface area contributed by atoms with Crippen molar-refractivity contribution in [1.29, 1.82) is 0 Å². The van der Waals surface area contributed by atoms with E-state index in [-0.39, 0.29) is 17.7 Å². The SMILES string of the molecule is C[C@H]1CCC[C@@H](F)N1S(=O)(=O)CC1CCNCC1. The maximum atomic E-state index is 13.9. The van der Waals surface area contributed by atoms with E-state index >= 15 is 0 Å². The number of sulfonamides is 1. The molecule has 2 aliphatic rings. The van der Waals surface area contributed by atoms with Crippen LogP contribution < -0.4 is 5.32 Å². The first-order chi connectivity index (χ1) is 8.50. The molecule has 0 amide bonds. The average Bonchev–Trinajstić information content (AvgIpc) is 2.28. The van der Waals surface area contributed by atoms with Crippen molar-refractivity contribution < 1.29 is 12.8 Å². The standard InChI is InChI=1S/C12H23FN2O2S/c1-10-3-2-4-12(13)15(10)18(16,17)9-11-5-7-14-8-6-11/h10-12,14H,2-9H2,1H3/t10-,12-/m0/s1. The maximum absolute atomic E-state index is 13.9. The summed E-state index contributed by atoms with van der Waals surface area (Å²) in [5.41, 5.74) is 0. The minimum Gasteiger partial charge on any atom is -0.317 e. The second-order valence-corrected chi connectivity index (χ2v) is 7.44. The minimum atomic E-state index is -3.45. The van der Waals surface area contributed by atoms with Gasteiger partial charge in [0, 0.05) is 6.04 Å². The number of hydrogen-bond acceptors (Lipinski definition) is 3. The van der Waals surface area contributed by atoms with Gasteiger partial charge in [-0.1, -0.05) is 0 Å². The second kappa shape index (κ2) is 5.84. The summed E-state index contributed by atoms with van der Waals surface area (Å²) >= 11 is 0. The van der Waals surface area contributed by atoms with Crippen molar-refractivity contribution in [2.24, 2.45) is 5.92 Å². The number of nitrogens with zero attached hydrogens (tertiary/aromatic N) is 1. The highest BCUT2D eigenvalue weighted by molar-refractivity contribution is 7.89. The Morgan fingerprint density at radius 3 is 2.50 bits per heavy atom. The number of rotatable bonds is 3. The van der Waals surface area contributed by atoms with Crippen LogP contribution in [-0.2, 0) is 10.0 Å². The highest BCUT2D eigenvalue weighted by Gasteiger charge is 2.38. The third-order valence-electron chi connectivity index (χ3n) is 4.00. The van der Waals surface area contributed by atoms with Crippen LogP contribution in [0, 0.1) is 5.92 Å². The van der Waals surface area contributed by atoms with Crippen molar-refractivity contribution >= 4 is 10.0 Å². The molecule has 18 heavy (non-hydrogen) atoms. The van der Waals surface area contributed by atoms with Crippen LogP contribution in [0.2, 0.25) is 0 Å². The zero-order valence-electron chi connectivity index (χ0n) is 10.9. The van der Waals surface area contributed by atoms with E-state index < -0.39 is 16.3 Å². The number of hydrogen-bond donors (Lipinski definition) is 1. The molecule has 0 aromatic carbocycles. The molecule has 6 heteroatoms. The van der Waals surface area contributed by atoms with E-state index in [9.17, 15) is 12.8 Å². The summed E-state index contributed by atoms with van der Waals surface area (Å²) in [6.07, 6.45) is 2.32. The van der Waals surface area contributed by atoms with Gasteiger partial charge in [0.05, 0.1) is 5.75 Å². The highest BCUT2D eigenvalue weighted by Crippen LogP contribution is 2.28. The van der Waals surface area contributed by atoms with Gasteiger partial charge in [0.1, 0.15) is 0 Å². The molecule has 0 unspecified atom stereocenters. The van der Waals surface area contributed by atoms with E-state index in [4.69, 9.17) is 0 Å². The molecule has 4 nitrogen and oxygen atoms in total. The zero-order chi connectivity index (χ0) is 13.2. The van der Waals surface area contributed by atoms with Gasteiger partial charge in [-0.05, 0) is 58.0 Å². The molecule has 2 saturated heterocycles. The van der Waals surface area contributed by atoms with Gasteiger partial charge in [-0.3, -0.25) is 0 Å². The molecule has 0 spiro atoms. The van der Waals surface area contributed by atoms with Crippen molar-refractivity contribution in [2.45, 2.75) is 51.4 Å². The Kier molecular flexibility index (Phi) is 4.61. The van der Waals surface area contributed by atoms with Crippen LogP contribution in [0.3, 0.4) is 0 Å². The molecule has 2 heterocycles. The van der Waals surface area contributed by atoms with Crippen LogP contribution >= 0.6 is 0 Å². The Hall–Kier alpha value is -0.200. The molecule has 1 N–H and O–H groups in total. The largest absolute Gasteiger partial charge is 0.317 e. The quantitative estimate of drug-likeness (QED) is 0.796. The fraction of sp³-hybridized carbons (Fsp3) is 1.00. The van der Waals surface area contributed by atoms with Crippen LogP contribution in [-0.4, -0.2) is 43.9 Å². The first-order valence-electron chi connectivity index (χ1n) is 6.86. The lowest BCUT2D eigenvalue weighted by molar-refractivity contribution is 0.0843. The summed E-state index contributed by atoms with van der Waals surface area (Å²) < 4.78 is 39.7. The Morgan fingerprint density at radius 2 is 1.89 bits per heavy atom. The van der Waals surface area contributed by atoms with Crippen molar-refractivity contribution in [2.75, 3.05) is 18.8 Å². The van der Waals surface area contributed by atoms with Crippen molar-refractivity contribution in [3.8, 4) is 0 Å². The van der Waals surface area contributed by atoms with E-state index in [2.05, 4.69) is 5.32 Å². The first kappa shape index (κ1) is 14.2. The predicted octanol–water partition coefficient (Wildman–Crippen LogP) is 1.49. The van der Waals surface area contributed by atoms with Crippen molar-refractivity contribution in [3.63, 3.8) is 0 Å². The molecule has 2 aliphatic heterocycles. The summed E-state index contributed by atoms with van der Waals surface area (Å²) in [5.74, 6) is 0.289. The van der Waals surface area contributed by atoms with E-state index in [1.165, 1.54) is 0 Å². The number of nitrogens with one attached hydrogen (secondary N) is 1. The Labute approximate surface area is 109 Å². The van der Waals surface area contributed by atoms with E-state index in [0.717, 1.165) is 43.1 Å². The van der Waals surface area contributed by atoms with E-state index in [1.807, 2.05) is 6.92 Å². The van der Waals surface area contributed by atoms with Gasteiger partial charge < -0.3 is 5.32 Å². The summed E-state index contributed by atoms with van der Waals surface area (Å²) in [4.78, 5) is 0. The van der Waals surface area contributed by atoms with E-state index in [1.54, 1.807) is 0 Å². The number of halogens is 1. The van der Waals surface area contributed by atoms with Crippen molar-refractivity contribution in [1.82, 2.24) is 9.62 Å². The molecular weight excluding hydrogens is 255 g/mol. The van der Waals surface area contributed by atoms with Gasteiger partial charge in [-0.2, -0.15) is 4.31 Å². The molecule has 0 radical (unpaired) electrons. The number of alkyl halides is 1. The van der Waals surface area contributed by atoms with Crippen LogP contribution in [0.1, 0.15) is 39.0 Å². The van der Waals surface area contributed by atoms with E-state index in [0.29, 0.717) is 6.42 Å². The average molecular weight is 278 g/mol. The third kappa shape index (κ3) is 3.22.